The van der Waals surface area contributed by atoms with E-state index >= 15 is 0 Å². The molecule has 0 atom stereocenters. The number of carbonyl (C=O) groups is 1. The number of likely N-dealkylation sites (tertiary alicyclic amines) is 1. The molecule has 1 fully saturated rings. The Morgan fingerprint density at radius 2 is 2.05 bits per heavy atom. The number of benzene rings is 1. The van der Waals surface area contributed by atoms with Gasteiger partial charge in [-0.1, -0.05) is 6.07 Å². The molecule has 0 unspecified atom stereocenters. The first kappa shape index (κ1) is 14.5. The summed E-state index contributed by atoms with van der Waals surface area (Å²) in [5.74, 6) is -0.241. The number of amides is 1. The van der Waals surface area contributed by atoms with Gasteiger partial charge in [0.15, 0.2) is 0 Å². The molecule has 1 aliphatic rings. The van der Waals surface area contributed by atoms with Crippen LogP contribution in [0.2, 0.25) is 0 Å². The summed E-state index contributed by atoms with van der Waals surface area (Å²) in [7, 11) is 1.91. The maximum atomic E-state index is 12.5. The number of aryl methyl sites for hydroxylation is 1. The lowest BCUT2D eigenvalue weighted by molar-refractivity contribution is -0.385. The van der Waals surface area contributed by atoms with E-state index in [1.165, 1.54) is 6.07 Å². The van der Waals surface area contributed by atoms with E-state index in [0.717, 1.165) is 18.4 Å². The largest absolute Gasteiger partial charge is 0.338 e. The minimum absolute atomic E-state index is 0.115. The molecule has 1 aromatic carbocycles. The van der Waals surface area contributed by atoms with Gasteiger partial charge in [-0.25, -0.2) is 0 Å². The van der Waals surface area contributed by atoms with Crippen LogP contribution >= 0.6 is 0 Å². The molecule has 0 spiro atoms. The summed E-state index contributed by atoms with van der Waals surface area (Å²) >= 11 is 0. The fourth-order valence-electron chi connectivity index (χ4n) is 2.52. The number of piperidine rings is 1. The SMILES string of the molecule is CNC1CCN(C(=O)c2cc(C)ccc2[N+](=O)[O-])CC1. The Labute approximate surface area is 117 Å². The van der Waals surface area contributed by atoms with Crippen molar-refractivity contribution in [1.29, 1.82) is 0 Å². The number of hydrogen-bond donors (Lipinski definition) is 1. The van der Waals surface area contributed by atoms with Crippen LogP contribution in [0.15, 0.2) is 18.2 Å². The molecule has 1 aliphatic heterocycles. The van der Waals surface area contributed by atoms with Crippen LogP contribution in [0.1, 0.15) is 28.8 Å². The van der Waals surface area contributed by atoms with Gasteiger partial charge in [0.25, 0.3) is 11.6 Å². The zero-order chi connectivity index (χ0) is 14.7. The summed E-state index contributed by atoms with van der Waals surface area (Å²) in [6.45, 7) is 3.10. The van der Waals surface area contributed by atoms with E-state index in [-0.39, 0.29) is 17.2 Å². The summed E-state index contributed by atoms with van der Waals surface area (Å²) in [6.07, 6.45) is 1.75. The lowest BCUT2D eigenvalue weighted by atomic mass is 10.0. The van der Waals surface area contributed by atoms with Crippen molar-refractivity contribution in [3.8, 4) is 0 Å². The molecule has 1 heterocycles. The van der Waals surface area contributed by atoms with Gasteiger partial charge in [0.1, 0.15) is 5.56 Å². The van der Waals surface area contributed by atoms with E-state index in [0.29, 0.717) is 19.1 Å². The highest BCUT2D eigenvalue weighted by Crippen LogP contribution is 2.23. The molecule has 0 bridgehead atoms. The third kappa shape index (κ3) is 2.96. The molecule has 1 amide bonds. The summed E-state index contributed by atoms with van der Waals surface area (Å²) < 4.78 is 0. The predicted octanol–water partition coefficient (Wildman–Crippen LogP) is 1.73. The molecular weight excluding hydrogens is 258 g/mol. The minimum atomic E-state index is -0.493. The fourth-order valence-corrected chi connectivity index (χ4v) is 2.52. The quantitative estimate of drug-likeness (QED) is 0.674. The lowest BCUT2D eigenvalue weighted by Crippen LogP contribution is -2.44. The Morgan fingerprint density at radius 3 is 2.60 bits per heavy atom. The second kappa shape index (κ2) is 6.00. The van der Waals surface area contributed by atoms with Crippen LogP contribution in [0.3, 0.4) is 0 Å². The Kier molecular flexibility index (Phi) is 4.34. The number of carbonyl (C=O) groups excluding carboxylic acids is 1. The van der Waals surface area contributed by atoms with Crippen molar-refractivity contribution in [2.45, 2.75) is 25.8 Å². The number of nitrogens with zero attached hydrogens (tertiary/aromatic N) is 2. The van der Waals surface area contributed by atoms with Crippen LogP contribution < -0.4 is 5.32 Å². The van der Waals surface area contributed by atoms with E-state index < -0.39 is 4.92 Å². The summed E-state index contributed by atoms with van der Waals surface area (Å²) in [6, 6.07) is 5.09. The molecule has 0 aromatic heterocycles. The van der Waals surface area contributed by atoms with Crippen LogP contribution in [0.25, 0.3) is 0 Å². The second-order valence-electron chi connectivity index (χ2n) is 5.13. The first-order chi connectivity index (χ1) is 9.52. The van der Waals surface area contributed by atoms with E-state index in [2.05, 4.69) is 5.32 Å². The van der Waals surface area contributed by atoms with E-state index in [9.17, 15) is 14.9 Å². The predicted molar refractivity (Wildman–Crippen MR) is 75.8 cm³/mol. The first-order valence-corrected chi connectivity index (χ1v) is 6.74. The van der Waals surface area contributed by atoms with Gasteiger partial charge in [-0.05, 0) is 38.4 Å². The number of nitro benzene ring substituents is 1. The third-order valence-corrected chi connectivity index (χ3v) is 3.77. The van der Waals surface area contributed by atoms with E-state index in [1.54, 1.807) is 17.0 Å². The molecule has 1 aromatic rings. The molecular formula is C14H19N3O3. The van der Waals surface area contributed by atoms with Crippen LogP contribution in [-0.4, -0.2) is 41.9 Å². The molecule has 108 valence electrons. The van der Waals surface area contributed by atoms with Gasteiger partial charge < -0.3 is 10.2 Å². The average Bonchev–Trinajstić information content (AvgIpc) is 2.46. The first-order valence-electron chi connectivity index (χ1n) is 6.74. The highest BCUT2D eigenvalue weighted by molar-refractivity contribution is 5.98. The van der Waals surface area contributed by atoms with E-state index in [1.807, 2.05) is 14.0 Å². The van der Waals surface area contributed by atoms with Crippen molar-refractivity contribution >= 4 is 11.6 Å². The molecule has 0 radical (unpaired) electrons. The molecule has 2 rings (SSSR count). The summed E-state index contributed by atoms with van der Waals surface area (Å²) in [5.41, 5.74) is 0.929. The number of nitro groups is 1. The highest BCUT2D eigenvalue weighted by Gasteiger charge is 2.27. The lowest BCUT2D eigenvalue weighted by Gasteiger charge is -2.31. The van der Waals surface area contributed by atoms with Crippen molar-refractivity contribution in [2.75, 3.05) is 20.1 Å². The van der Waals surface area contributed by atoms with Gasteiger partial charge in [0.2, 0.25) is 0 Å². The molecule has 6 nitrogen and oxygen atoms in total. The average molecular weight is 277 g/mol. The number of rotatable bonds is 3. The van der Waals surface area contributed by atoms with Gasteiger partial charge in [-0.15, -0.1) is 0 Å². The van der Waals surface area contributed by atoms with Gasteiger partial charge in [-0.2, -0.15) is 0 Å². The fraction of sp³-hybridized carbons (Fsp3) is 0.500. The smallest absolute Gasteiger partial charge is 0.282 e. The van der Waals surface area contributed by atoms with Gasteiger partial charge in [0.05, 0.1) is 4.92 Å². The Bertz CT molecular complexity index is 522. The molecule has 1 N–H and O–H groups in total. The summed E-state index contributed by atoms with van der Waals surface area (Å²) in [5, 5.41) is 14.2. The van der Waals surface area contributed by atoms with Crippen LogP contribution in [-0.2, 0) is 0 Å². The Hall–Kier alpha value is -1.95. The maximum Gasteiger partial charge on any atom is 0.282 e. The van der Waals surface area contributed by atoms with Crippen molar-refractivity contribution in [2.24, 2.45) is 0 Å². The van der Waals surface area contributed by atoms with E-state index in [4.69, 9.17) is 0 Å². The van der Waals surface area contributed by atoms with Crippen LogP contribution in [0.4, 0.5) is 5.69 Å². The molecule has 20 heavy (non-hydrogen) atoms. The topological polar surface area (TPSA) is 75.5 Å². The molecule has 6 heteroatoms. The second-order valence-corrected chi connectivity index (χ2v) is 5.13. The number of nitrogens with one attached hydrogen (secondary N) is 1. The van der Waals surface area contributed by atoms with Crippen LogP contribution in [0, 0.1) is 17.0 Å². The Morgan fingerprint density at radius 1 is 1.40 bits per heavy atom. The Balaban J connectivity index is 2.21. The highest BCUT2D eigenvalue weighted by atomic mass is 16.6. The van der Waals surface area contributed by atoms with Crippen molar-refractivity contribution < 1.29 is 9.72 Å². The normalized spacial score (nSPS) is 16.2. The van der Waals surface area contributed by atoms with Crippen molar-refractivity contribution in [3.05, 3.63) is 39.4 Å². The molecule has 0 aliphatic carbocycles. The van der Waals surface area contributed by atoms with Gasteiger partial charge in [0, 0.05) is 25.2 Å². The third-order valence-electron chi connectivity index (χ3n) is 3.77. The van der Waals surface area contributed by atoms with Gasteiger partial charge in [-0.3, -0.25) is 14.9 Å². The number of hydrogen-bond acceptors (Lipinski definition) is 4. The standard InChI is InChI=1S/C14H19N3O3/c1-10-3-4-13(17(19)20)12(9-10)14(18)16-7-5-11(15-2)6-8-16/h3-4,9,11,15H,5-8H2,1-2H3. The monoisotopic (exact) mass is 277 g/mol. The zero-order valence-electron chi connectivity index (χ0n) is 11.8. The zero-order valence-corrected chi connectivity index (χ0v) is 11.8. The minimum Gasteiger partial charge on any atom is -0.338 e. The van der Waals surface area contributed by atoms with Crippen LogP contribution in [0.5, 0.6) is 0 Å². The van der Waals surface area contributed by atoms with Gasteiger partial charge >= 0.3 is 0 Å². The maximum absolute atomic E-state index is 12.5. The van der Waals surface area contributed by atoms with Crippen molar-refractivity contribution in [1.82, 2.24) is 10.2 Å². The summed E-state index contributed by atoms with van der Waals surface area (Å²) in [4.78, 5) is 24.7. The molecule has 1 saturated heterocycles. The van der Waals surface area contributed by atoms with Crippen molar-refractivity contribution in [3.63, 3.8) is 0 Å². The molecule has 0 saturated carbocycles.